The van der Waals surface area contributed by atoms with E-state index in [2.05, 4.69) is 22.2 Å². The van der Waals surface area contributed by atoms with Crippen LogP contribution in [0.3, 0.4) is 0 Å². The standard InChI is InChI=1S/C15H25N5O/c1-3-4-13-17-14(19-16)9(2)15(18-13)20-7-10-5-6-12(21)11(10)8-20/h10-12,21H,3-8,16H2,1-2H3,(H,17,18,19). The topological polar surface area (TPSA) is 87.3 Å². The molecule has 2 heterocycles. The number of nitrogens with one attached hydrogen (secondary N) is 1. The van der Waals surface area contributed by atoms with Gasteiger partial charge in [0.15, 0.2) is 0 Å². The maximum Gasteiger partial charge on any atom is 0.148 e. The van der Waals surface area contributed by atoms with Gasteiger partial charge in [0, 0.05) is 31.0 Å². The third-order valence-electron chi connectivity index (χ3n) is 4.90. The number of hydrogen-bond donors (Lipinski definition) is 3. The number of nitrogens with zero attached hydrogens (tertiary/aromatic N) is 3. The van der Waals surface area contributed by atoms with Crippen molar-refractivity contribution in [2.75, 3.05) is 23.4 Å². The molecule has 1 aliphatic heterocycles. The Labute approximate surface area is 125 Å². The maximum atomic E-state index is 10.1. The van der Waals surface area contributed by atoms with E-state index >= 15 is 0 Å². The summed E-state index contributed by atoms with van der Waals surface area (Å²) < 4.78 is 0. The van der Waals surface area contributed by atoms with Gasteiger partial charge in [-0.15, -0.1) is 0 Å². The fraction of sp³-hybridized carbons (Fsp3) is 0.733. The molecule has 21 heavy (non-hydrogen) atoms. The zero-order valence-corrected chi connectivity index (χ0v) is 12.8. The van der Waals surface area contributed by atoms with Gasteiger partial charge in [-0.25, -0.2) is 15.8 Å². The van der Waals surface area contributed by atoms with Gasteiger partial charge in [0.1, 0.15) is 17.5 Å². The third-order valence-corrected chi connectivity index (χ3v) is 4.90. The largest absolute Gasteiger partial charge is 0.393 e. The van der Waals surface area contributed by atoms with Crippen molar-refractivity contribution in [1.29, 1.82) is 0 Å². The van der Waals surface area contributed by atoms with Gasteiger partial charge in [0.2, 0.25) is 0 Å². The fourth-order valence-corrected chi connectivity index (χ4v) is 3.74. The van der Waals surface area contributed by atoms with E-state index in [0.717, 1.165) is 56.0 Å². The number of aromatic nitrogens is 2. The third kappa shape index (κ3) is 2.58. The second-order valence-corrected chi connectivity index (χ2v) is 6.31. The molecule has 0 radical (unpaired) electrons. The van der Waals surface area contributed by atoms with Gasteiger partial charge in [-0.1, -0.05) is 6.92 Å². The molecule has 4 N–H and O–H groups in total. The van der Waals surface area contributed by atoms with Crippen LogP contribution in [0.15, 0.2) is 0 Å². The summed E-state index contributed by atoms with van der Waals surface area (Å²) in [5.74, 6) is 9.11. The van der Waals surface area contributed by atoms with Crippen LogP contribution in [0, 0.1) is 18.8 Å². The molecule has 0 amide bonds. The van der Waals surface area contributed by atoms with Crippen LogP contribution in [0.2, 0.25) is 0 Å². The number of anilines is 2. The van der Waals surface area contributed by atoms with Crippen molar-refractivity contribution < 1.29 is 5.11 Å². The maximum absolute atomic E-state index is 10.1. The summed E-state index contributed by atoms with van der Waals surface area (Å²) in [4.78, 5) is 11.5. The Morgan fingerprint density at radius 3 is 2.81 bits per heavy atom. The Kier molecular flexibility index (Phi) is 3.99. The average Bonchev–Trinajstić information content (AvgIpc) is 3.03. The van der Waals surface area contributed by atoms with Gasteiger partial charge >= 0.3 is 0 Å². The molecule has 1 saturated carbocycles. The highest BCUT2D eigenvalue weighted by molar-refractivity contribution is 5.59. The fourth-order valence-electron chi connectivity index (χ4n) is 3.74. The molecule has 6 heteroatoms. The highest BCUT2D eigenvalue weighted by atomic mass is 16.3. The Balaban J connectivity index is 1.89. The molecule has 1 aromatic heterocycles. The molecule has 3 unspecified atom stereocenters. The minimum absolute atomic E-state index is 0.149. The molecule has 3 atom stereocenters. The Bertz CT molecular complexity index is 521. The molecule has 3 rings (SSSR count). The summed E-state index contributed by atoms with van der Waals surface area (Å²) in [7, 11) is 0. The number of nitrogen functional groups attached to an aromatic ring is 1. The number of aryl methyl sites for hydroxylation is 1. The van der Waals surface area contributed by atoms with Crippen molar-refractivity contribution in [3.8, 4) is 0 Å². The molecule has 1 aliphatic carbocycles. The van der Waals surface area contributed by atoms with E-state index in [0.29, 0.717) is 17.7 Å². The molecule has 2 fully saturated rings. The van der Waals surface area contributed by atoms with Crippen LogP contribution in [0.25, 0.3) is 0 Å². The highest BCUT2D eigenvalue weighted by Crippen LogP contribution is 2.40. The first-order valence-corrected chi connectivity index (χ1v) is 7.91. The minimum Gasteiger partial charge on any atom is -0.393 e. The summed E-state index contributed by atoms with van der Waals surface area (Å²) in [6.07, 6.45) is 3.78. The van der Waals surface area contributed by atoms with Crippen LogP contribution < -0.4 is 16.2 Å². The summed E-state index contributed by atoms with van der Waals surface area (Å²) in [6, 6.07) is 0. The van der Waals surface area contributed by atoms with Crippen LogP contribution in [-0.4, -0.2) is 34.3 Å². The first-order valence-electron chi connectivity index (χ1n) is 7.91. The number of aliphatic hydroxyl groups is 1. The summed E-state index contributed by atoms with van der Waals surface area (Å²) >= 11 is 0. The summed E-state index contributed by atoms with van der Waals surface area (Å²) in [6.45, 7) is 5.99. The zero-order chi connectivity index (χ0) is 15.0. The lowest BCUT2D eigenvalue weighted by atomic mass is 10.00. The lowest BCUT2D eigenvalue weighted by molar-refractivity contribution is 0.133. The van der Waals surface area contributed by atoms with E-state index in [1.807, 2.05) is 6.92 Å². The van der Waals surface area contributed by atoms with Crippen molar-refractivity contribution in [2.24, 2.45) is 17.7 Å². The molecular weight excluding hydrogens is 266 g/mol. The van der Waals surface area contributed by atoms with Gasteiger partial charge in [-0.05, 0) is 32.1 Å². The normalized spacial score (nSPS) is 28.0. The Morgan fingerprint density at radius 1 is 1.33 bits per heavy atom. The summed E-state index contributed by atoms with van der Waals surface area (Å²) in [5, 5.41) is 10.1. The van der Waals surface area contributed by atoms with E-state index in [4.69, 9.17) is 10.8 Å². The van der Waals surface area contributed by atoms with E-state index in [1.165, 1.54) is 0 Å². The quantitative estimate of drug-likeness (QED) is 0.571. The first-order chi connectivity index (χ1) is 10.1. The van der Waals surface area contributed by atoms with Gasteiger partial charge in [-0.3, -0.25) is 0 Å². The van der Waals surface area contributed by atoms with Crippen molar-refractivity contribution in [3.05, 3.63) is 11.4 Å². The van der Waals surface area contributed by atoms with Crippen molar-refractivity contribution in [1.82, 2.24) is 9.97 Å². The number of hydrazine groups is 1. The van der Waals surface area contributed by atoms with Crippen molar-refractivity contribution >= 4 is 11.6 Å². The lowest BCUT2D eigenvalue weighted by Gasteiger charge is -2.23. The van der Waals surface area contributed by atoms with Crippen LogP contribution in [0.4, 0.5) is 11.6 Å². The monoisotopic (exact) mass is 291 g/mol. The summed E-state index contributed by atoms with van der Waals surface area (Å²) in [5.41, 5.74) is 3.68. The number of rotatable bonds is 4. The van der Waals surface area contributed by atoms with Crippen LogP contribution >= 0.6 is 0 Å². The minimum atomic E-state index is -0.149. The predicted octanol–water partition coefficient (Wildman–Crippen LogP) is 1.23. The molecule has 0 bridgehead atoms. The molecule has 6 nitrogen and oxygen atoms in total. The van der Waals surface area contributed by atoms with Crippen LogP contribution in [0.1, 0.15) is 37.6 Å². The van der Waals surface area contributed by atoms with Gasteiger partial charge in [-0.2, -0.15) is 0 Å². The van der Waals surface area contributed by atoms with E-state index < -0.39 is 0 Å². The van der Waals surface area contributed by atoms with Gasteiger partial charge < -0.3 is 15.4 Å². The SMILES string of the molecule is CCCc1nc(NN)c(C)c(N2CC3CCC(O)C3C2)n1. The first kappa shape index (κ1) is 14.5. The molecule has 0 spiro atoms. The Morgan fingerprint density at radius 2 is 2.14 bits per heavy atom. The number of hydrogen-bond acceptors (Lipinski definition) is 6. The molecular formula is C15H25N5O. The number of fused-ring (bicyclic) bond motifs is 1. The number of aliphatic hydroxyl groups excluding tert-OH is 1. The van der Waals surface area contributed by atoms with Gasteiger partial charge in [0.05, 0.1) is 6.10 Å². The number of nitrogens with two attached hydrogens (primary N) is 1. The Hall–Kier alpha value is -1.40. The molecule has 0 aromatic carbocycles. The van der Waals surface area contributed by atoms with Crippen molar-refractivity contribution in [3.63, 3.8) is 0 Å². The second-order valence-electron chi connectivity index (χ2n) is 6.31. The zero-order valence-electron chi connectivity index (χ0n) is 12.8. The highest BCUT2D eigenvalue weighted by Gasteiger charge is 2.42. The van der Waals surface area contributed by atoms with E-state index in [1.54, 1.807) is 0 Å². The van der Waals surface area contributed by atoms with E-state index in [9.17, 15) is 5.11 Å². The lowest BCUT2D eigenvalue weighted by Crippen LogP contribution is -2.27. The van der Waals surface area contributed by atoms with Gasteiger partial charge in [0.25, 0.3) is 0 Å². The van der Waals surface area contributed by atoms with E-state index in [-0.39, 0.29) is 6.10 Å². The molecule has 2 aliphatic rings. The average molecular weight is 291 g/mol. The van der Waals surface area contributed by atoms with Crippen LogP contribution in [0.5, 0.6) is 0 Å². The molecule has 116 valence electrons. The van der Waals surface area contributed by atoms with Crippen LogP contribution in [-0.2, 0) is 6.42 Å². The smallest absolute Gasteiger partial charge is 0.148 e. The molecule has 1 saturated heterocycles. The second kappa shape index (κ2) is 5.77. The predicted molar refractivity (Wildman–Crippen MR) is 83.0 cm³/mol. The van der Waals surface area contributed by atoms with Crippen molar-refractivity contribution in [2.45, 2.75) is 45.6 Å². The molecule has 1 aromatic rings.